The molecular weight excluding hydrogens is 232 g/mol. The molecule has 1 aromatic heterocycles. The number of hydrogen-bond donors (Lipinski definition) is 1. The van der Waals surface area contributed by atoms with Crippen molar-refractivity contribution in [3.63, 3.8) is 0 Å². The van der Waals surface area contributed by atoms with Crippen LogP contribution in [0, 0.1) is 0 Å². The van der Waals surface area contributed by atoms with Crippen LogP contribution in [0.15, 0.2) is 34.9 Å². The third kappa shape index (κ3) is 1.67. The first-order valence-electron chi connectivity index (χ1n) is 6.08. The largest absolute Gasteiger partial charge is 0.539 e. The van der Waals surface area contributed by atoms with E-state index in [2.05, 4.69) is 5.27 Å². The summed E-state index contributed by atoms with van der Waals surface area (Å²) in [7, 11) is 0. The fourth-order valence-electron chi connectivity index (χ4n) is 2.58. The highest BCUT2D eigenvalue weighted by atomic mass is 16.6. The molecule has 1 heterocycles. The quantitative estimate of drug-likeness (QED) is 0.795. The highest BCUT2D eigenvalue weighted by Crippen LogP contribution is 2.39. The number of aliphatic hydroxyl groups is 1. The van der Waals surface area contributed by atoms with Crippen molar-refractivity contribution in [2.24, 2.45) is 0 Å². The molecule has 18 heavy (non-hydrogen) atoms. The highest BCUT2D eigenvalue weighted by molar-refractivity contribution is 5.24. The zero-order valence-corrected chi connectivity index (χ0v) is 9.87. The monoisotopic (exact) mass is 246 g/mol. The Morgan fingerprint density at radius 1 is 1.22 bits per heavy atom. The van der Waals surface area contributed by atoms with Crippen LogP contribution in [0.4, 0.5) is 0 Å². The van der Waals surface area contributed by atoms with Gasteiger partial charge in [-0.2, -0.15) is 0 Å². The second kappa shape index (κ2) is 4.10. The zero-order valence-electron chi connectivity index (χ0n) is 9.87. The van der Waals surface area contributed by atoms with Gasteiger partial charge in [-0.1, -0.05) is 18.2 Å². The topological polar surface area (TPSA) is 73.2 Å². The standard InChI is InChI=1S/C13H14N2O3/c16-12-11(13(17)8-4-5-9-13)15(14-18-12)10-6-2-1-3-7-10/h1-3,6-7,17H,4-5,8-9H2. The van der Waals surface area contributed by atoms with Gasteiger partial charge in [-0.25, -0.2) is 0 Å². The molecule has 5 heteroatoms. The maximum atomic E-state index is 11.8. The van der Waals surface area contributed by atoms with Gasteiger partial charge in [0.15, 0.2) is 11.5 Å². The maximum Gasteiger partial charge on any atom is 0.271 e. The normalized spacial score (nSPS) is 18.1. The van der Waals surface area contributed by atoms with Crippen molar-refractivity contribution in [1.29, 1.82) is 0 Å². The second-order valence-corrected chi connectivity index (χ2v) is 4.70. The van der Waals surface area contributed by atoms with E-state index in [1.165, 1.54) is 4.68 Å². The van der Waals surface area contributed by atoms with Gasteiger partial charge in [0.1, 0.15) is 0 Å². The Morgan fingerprint density at radius 2 is 1.89 bits per heavy atom. The van der Waals surface area contributed by atoms with E-state index in [1.807, 2.05) is 30.3 Å². The van der Waals surface area contributed by atoms with E-state index in [-0.39, 0.29) is 5.69 Å². The molecule has 0 radical (unpaired) electrons. The summed E-state index contributed by atoms with van der Waals surface area (Å²) in [5.74, 6) is -0.553. The van der Waals surface area contributed by atoms with E-state index >= 15 is 0 Å². The third-order valence-electron chi connectivity index (χ3n) is 3.48. The zero-order chi connectivity index (χ0) is 12.6. The van der Waals surface area contributed by atoms with Crippen molar-refractivity contribution in [2.45, 2.75) is 31.3 Å². The molecule has 0 spiro atoms. The fourth-order valence-corrected chi connectivity index (χ4v) is 2.58. The molecule has 94 valence electrons. The third-order valence-corrected chi connectivity index (χ3v) is 3.48. The Morgan fingerprint density at radius 3 is 2.56 bits per heavy atom. The number of nitrogens with zero attached hydrogens (tertiary/aromatic N) is 2. The Labute approximate surface area is 104 Å². The minimum absolute atomic E-state index is 0.242. The van der Waals surface area contributed by atoms with Gasteiger partial charge in [0, 0.05) is 12.1 Å². The van der Waals surface area contributed by atoms with Crippen molar-refractivity contribution in [3.8, 4) is 11.6 Å². The van der Waals surface area contributed by atoms with Crippen molar-refractivity contribution >= 4 is 0 Å². The van der Waals surface area contributed by atoms with Crippen LogP contribution in [0.25, 0.3) is 5.69 Å². The minimum atomic E-state index is -1.10. The average molecular weight is 246 g/mol. The lowest BCUT2D eigenvalue weighted by atomic mass is 9.98. The first-order chi connectivity index (χ1) is 8.71. The van der Waals surface area contributed by atoms with E-state index in [0.29, 0.717) is 12.8 Å². The average Bonchev–Trinajstić information content (AvgIpc) is 2.98. The fraction of sp³-hybridized carbons (Fsp3) is 0.385. The van der Waals surface area contributed by atoms with Crippen molar-refractivity contribution in [1.82, 2.24) is 5.27 Å². The summed E-state index contributed by atoms with van der Waals surface area (Å²) in [5.41, 5.74) is -0.141. The van der Waals surface area contributed by atoms with Gasteiger partial charge in [-0.15, -0.1) is 0 Å². The van der Waals surface area contributed by atoms with Crippen LogP contribution in [0.2, 0.25) is 0 Å². The number of hydrogen-bond acceptors (Lipinski definition) is 4. The molecule has 3 rings (SSSR count). The summed E-state index contributed by atoms with van der Waals surface area (Å²) < 4.78 is 6.14. The van der Waals surface area contributed by atoms with Gasteiger partial charge >= 0.3 is 0 Å². The predicted octanol–water partition coefficient (Wildman–Crippen LogP) is 0.786. The van der Waals surface area contributed by atoms with Gasteiger partial charge in [0.2, 0.25) is 5.69 Å². The van der Waals surface area contributed by atoms with E-state index in [1.54, 1.807) is 0 Å². The molecule has 5 nitrogen and oxygen atoms in total. The van der Waals surface area contributed by atoms with E-state index in [9.17, 15) is 10.2 Å². The molecule has 0 unspecified atom stereocenters. The molecule has 1 N–H and O–H groups in total. The number of benzene rings is 1. The Balaban J connectivity index is 2.12. The number of para-hydroxylation sites is 1. The summed E-state index contributed by atoms with van der Waals surface area (Å²) in [4.78, 5) is 0. The van der Waals surface area contributed by atoms with Crippen LogP contribution in [0.1, 0.15) is 31.4 Å². The summed E-state index contributed by atoms with van der Waals surface area (Å²) in [6.45, 7) is 0. The first kappa shape index (κ1) is 11.2. The molecule has 1 saturated carbocycles. The highest BCUT2D eigenvalue weighted by Gasteiger charge is 2.44. The molecule has 0 aliphatic heterocycles. The summed E-state index contributed by atoms with van der Waals surface area (Å²) in [6, 6.07) is 9.23. The number of rotatable bonds is 2. The van der Waals surface area contributed by atoms with Crippen LogP contribution < -0.4 is 9.79 Å². The molecule has 2 aromatic rings. The molecule has 0 bridgehead atoms. The smallest absolute Gasteiger partial charge is 0.271 e. The van der Waals surface area contributed by atoms with Crippen LogP contribution in [-0.4, -0.2) is 10.4 Å². The molecule has 1 aliphatic carbocycles. The van der Waals surface area contributed by atoms with Gasteiger partial charge in [0.05, 0.1) is 5.27 Å². The van der Waals surface area contributed by atoms with Crippen molar-refractivity contribution in [3.05, 3.63) is 36.0 Å². The van der Waals surface area contributed by atoms with Crippen molar-refractivity contribution < 1.29 is 19.4 Å². The SMILES string of the molecule is [O-]c1on[n+](-c2ccccc2)c1C1(O)CCCC1. The molecule has 1 fully saturated rings. The second-order valence-electron chi connectivity index (χ2n) is 4.70. The summed E-state index contributed by atoms with van der Waals surface area (Å²) >= 11 is 0. The Bertz CT molecular complexity index is 545. The van der Waals surface area contributed by atoms with Gasteiger partial charge in [-0.05, 0) is 30.4 Å². The molecule has 0 saturated heterocycles. The van der Waals surface area contributed by atoms with E-state index < -0.39 is 11.5 Å². The number of aromatic nitrogens is 2. The van der Waals surface area contributed by atoms with Crippen LogP contribution >= 0.6 is 0 Å². The predicted molar refractivity (Wildman–Crippen MR) is 59.8 cm³/mol. The van der Waals surface area contributed by atoms with Crippen LogP contribution in [0.5, 0.6) is 5.95 Å². The minimum Gasteiger partial charge on any atom is -0.539 e. The molecule has 0 atom stereocenters. The molecular formula is C13H14N2O3. The lowest BCUT2D eigenvalue weighted by Crippen LogP contribution is -2.44. The van der Waals surface area contributed by atoms with Crippen molar-refractivity contribution in [2.75, 3.05) is 0 Å². The lowest BCUT2D eigenvalue weighted by molar-refractivity contribution is -0.684. The van der Waals surface area contributed by atoms with E-state index in [4.69, 9.17) is 4.52 Å². The lowest BCUT2D eigenvalue weighted by Gasteiger charge is -2.17. The first-order valence-corrected chi connectivity index (χ1v) is 6.08. The van der Waals surface area contributed by atoms with Gasteiger partial charge < -0.3 is 14.7 Å². The Hall–Kier alpha value is -1.88. The van der Waals surface area contributed by atoms with Crippen LogP contribution in [0.3, 0.4) is 0 Å². The summed E-state index contributed by atoms with van der Waals surface area (Å²) in [5, 5.41) is 26.1. The maximum absolute atomic E-state index is 11.8. The van der Waals surface area contributed by atoms with Gasteiger partial charge in [-0.3, -0.25) is 0 Å². The Kier molecular flexibility index (Phi) is 2.56. The molecule has 0 amide bonds. The summed E-state index contributed by atoms with van der Waals surface area (Å²) in [6.07, 6.45) is 2.98. The molecule has 1 aromatic carbocycles. The molecule has 1 aliphatic rings. The van der Waals surface area contributed by atoms with Crippen LogP contribution in [-0.2, 0) is 5.60 Å². The van der Waals surface area contributed by atoms with Gasteiger partial charge in [0.25, 0.3) is 5.69 Å². The van der Waals surface area contributed by atoms with E-state index in [0.717, 1.165) is 18.5 Å².